The molecule has 0 fully saturated rings. The molecule has 4 amide bonds. The highest BCUT2D eigenvalue weighted by molar-refractivity contribution is 5.95. The van der Waals surface area contributed by atoms with E-state index < -0.39 is 42.0 Å². The highest BCUT2D eigenvalue weighted by Gasteiger charge is 2.41. The molecule has 10 nitrogen and oxygen atoms in total. The van der Waals surface area contributed by atoms with E-state index in [-0.39, 0.29) is 31.6 Å². The minimum atomic E-state index is -1.02. The number of rotatable bonds is 8. The molecule has 6 N–H and O–H groups in total. The van der Waals surface area contributed by atoms with Crippen LogP contribution in [-0.4, -0.2) is 57.8 Å². The third kappa shape index (κ3) is 8.33. The van der Waals surface area contributed by atoms with Crippen molar-refractivity contribution in [3.8, 4) is 0 Å². The number of carbonyl (C=O) groups is 4. The summed E-state index contributed by atoms with van der Waals surface area (Å²) in [6.45, 7) is 0. The quantitative estimate of drug-likeness (QED) is 0.153. The van der Waals surface area contributed by atoms with Crippen molar-refractivity contribution in [3.63, 3.8) is 0 Å². The second-order valence-electron chi connectivity index (χ2n) is 13.8. The van der Waals surface area contributed by atoms with Crippen molar-refractivity contribution in [2.75, 3.05) is 5.32 Å². The number of primary amides is 1. The molecule has 0 aliphatic carbocycles. The molecule has 7 rings (SSSR count). The Balaban J connectivity index is 1.29. The number of hydrogen-bond donors (Lipinski definition) is 5. The van der Waals surface area contributed by atoms with Crippen molar-refractivity contribution in [2.45, 2.75) is 69.2 Å². The molecular weight excluding hydrogens is 665 g/mol. The predicted octanol–water partition coefficient (Wildman–Crippen LogP) is 5.04. The van der Waals surface area contributed by atoms with Crippen LogP contribution in [0.5, 0.6) is 0 Å². The molecule has 2 aliphatic heterocycles. The molecule has 0 saturated heterocycles. The minimum absolute atomic E-state index is 0.182. The number of amides is 4. The van der Waals surface area contributed by atoms with Gasteiger partial charge in [0.2, 0.25) is 23.6 Å². The third-order valence-corrected chi connectivity index (χ3v) is 10.2. The second-order valence-corrected chi connectivity index (χ2v) is 13.8. The van der Waals surface area contributed by atoms with E-state index in [2.05, 4.69) is 27.0 Å². The van der Waals surface area contributed by atoms with Gasteiger partial charge in [-0.3, -0.25) is 19.2 Å². The normalized spacial score (nSPS) is 20.3. The molecule has 3 unspecified atom stereocenters. The smallest absolute Gasteiger partial charge is 0.247 e. The zero-order valence-electron chi connectivity index (χ0n) is 29.5. The van der Waals surface area contributed by atoms with E-state index in [4.69, 9.17) is 5.73 Å². The summed E-state index contributed by atoms with van der Waals surface area (Å²) in [4.78, 5) is 61.3. The Labute approximate surface area is 308 Å². The lowest BCUT2D eigenvalue weighted by Gasteiger charge is -2.38. The lowest BCUT2D eigenvalue weighted by atomic mass is 9.99. The lowest BCUT2D eigenvalue weighted by molar-refractivity contribution is -0.146. The summed E-state index contributed by atoms with van der Waals surface area (Å²) in [6, 6.07) is 30.0. The van der Waals surface area contributed by atoms with Crippen molar-refractivity contribution in [3.05, 3.63) is 143 Å². The fourth-order valence-corrected chi connectivity index (χ4v) is 7.46. The Morgan fingerprint density at radius 2 is 1.68 bits per heavy atom. The number of carbonyl (C=O) groups excluding carboxylic acids is 4. The van der Waals surface area contributed by atoms with Crippen molar-refractivity contribution in [2.24, 2.45) is 5.73 Å². The van der Waals surface area contributed by atoms with Crippen LogP contribution in [0.25, 0.3) is 17.0 Å². The van der Waals surface area contributed by atoms with E-state index in [9.17, 15) is 14.4 Å². The number of hydrogen-bond acceptors (Lipinski definition) is 5. The zero-order chi connectivity index (χ0) is 36.7. The van der Waals surface area contributed by atoms with Crippen LogP contribution >= 0.6 is 0 Å². The van der Waals surface area contributed by atoms with E-state index in [0.717, 1.165) is 44.4 Å². The first-order valence-electron chi connectivity index (χ1n) is 18.2. The first-order valence-corrected chi connectivity index (χ1v) is 18.2. The second kappa shape index (κ2) is 16.0. The summed E-state index contributed by atoms with van der Waals surface area (Å²) in [5, 5.41) is 10.5. The van der Waals surface area contributed by atoms with Gasteiger partial charge in [-0.1, -0.05) is 103 Å². The maximum atomic E-state index is 15.3. The molecule has 5 aromatic rings. The van der Waals surface area contributed by atoms with Gasteiger partial charge >= 0.3 is 0 Å². The number of fused-ring (bicyclic) bond motifs is 4. The van der Waals surface area contributed by atoms with Crippen LogP contribution in [0, 0.1) is 0 Å². The molecule has 4 aromatic carbocycles. The number of anilines is 1. The first-order chi connectivity index (χ1) is 25.8. The van der Waals surface area contributed by atoms with Crippen LogP contribution in [-0.2, 0) is 44.9 Å². The van der Waals surface area contributed by atoms with Gasteiger partial charge in [0.15, 0.2) is 0 Å². The van der Waals surface area contributed by atoms with Crippen LogP contribution in [0.4, 0.5) is 5.69 Å². The van der Waals surface area contributed by atoms with Gasteiger partial charge in [-0.2, -0.15) is 0 Å². The average molecular weight is 709 g/mol. The zero-order valence-corrected chi connectivity index (χ0v) is 29.5. The summed E-state index contributed by atoms with van der Waals surface area (Å²) in [5.74, 6) is -1.83. The number of allylic oxidation sites excluding steroid dienone is 1. The summed E-state index contributed by atoms with van der Waals surface area (Å²) >= 11 is 0. The van der Waals surface area contributed by atoms with Gasteiger partial charge in [0.05, 0.1) is 0 Å². The minimum Gasteiger partial charge on any atom is -0.368 e. The fourth-order valence-electron chi connectivity index (χ4n) is 7.46. The maximum absolute atomic E-state index is 15.3. The molecule has 0 saturated carbocycles. The Bertz CT molecular complexity index is 2120. The highest BCUT2D eigenvalue weighted by Crippen LogP contribution is 2.30. The molecule has 0 radical (unpaired) electrons. The van der Waals surface area contributed by atoms with Crippen LogP contribution in [0.2, 0.25) is 0 Å². The standard InChI is InChI=1S/C43H44N6O4/c44-41(51)36(24-29-11-2-1-3-12-29)48-42(52)38-20-9-4-13-28-14-10-15-30(23-28)21-22-40(50)47-37(25-32-27-45-35-19-8-6-17-33(32)35)43(53)49(38)39-26-31-16-5-7-18-34(31)46-39/h1-8,10-19,23,27,36-39,45-46H,9,20-22,24-26H2,(H2,44,51)(H,47,50)(H,48,52)/b13-4+/t36-,37?,38?,39?/m0/s1. The van der Waals surface area contributed by atoms with Gasteiger partial charge in [-0.15, -0.1) is 0 Å². The van der Waals surface area contributed by atoms with Crippen molar-refractivity contribution in [1.29, 1.82) is 0 Å². The molecule has 270 valence electrons. The van der Waals surface area contributed by atoms with E-state index in [1.807, 2.05) is 115 Å². The molecule has 1 aromatic heterocycles. The molecule has 3 heterocycles. The summed E-state index contributed by atoms with van der Waals surface area (Å²) in [7, 11) is 0. The van der Waals surface area contributed by atoms with Crippen molar-refractivity contribution in [1.82, 2.24) is 20.5 Å². The molecule has 4 atom stereocenters. The number of para-hydroxylation sites is 2. The number of H-pyrrole nitrogens is 1. The molecule has 53 heavy (non-hydrogen) atoms. The van der Waals surface area contributed by atoms with Gasteiger partial charge < -0.3 is 31.6 Å². The number of aryl methyl sites for hydroxylation is 1. The van der Waals surface area contributed by atoms with Crippen LogP contribution in [0.15, 0.2) is 115 Å². The maximum Gasteiger partial charge on any atom is 0.247 e. The number of nitrogens with one attached hydrogen (secondary N) is 4. The van der Waals surface area contributed by atoms with E-state index in [1.165, 1.54) is 0 Å². The fraction of sp³-hybridized carbons (Fsp3) is 0.256. The topological polar surface area (TPSA) is 149 Å². The summed E-state index contributed by atoms with van der Waals surface area (Å²) in [6.07, 6.45) is 7.52. The predicted molar refractivity (Wildman–Crippen MR) is 206 cm³/mol. The van der Waals surface area contributed by atoms with Gasteiger partial charge in [0.1, 0.15) is 24.3 Å². The average Bonchev–Trinajstić information content (AvgIpc) is 3.79. The van der Waals surface area contributed by atoms with Crippen molar-refractivity contribution < 1.29 is 19.2 Å². The number of benzene rings is 4. The number of nitrogens with two attached hydrogens (primary N) is 1. The van der Waals surface area contributed by atoms with Gasteiger partial charge in [0.25, 0.3) is 0 Å². The summed E-state index contributed by atoms with van der Waals surface area (Å²) in [5.41, 5.74) is 12.4. The summed E-state index contributed by atoms with van der Waals surface area (Å²) < 4.78 is 0. The Kier molecular flexibility index (Phi) is 10.7. The van der Waals surface area contributed by atoms with E-state index in [1.54, 1.807) is 4.90 Å². The van der Waals surface area contributed by atoms with E-state index >= 15 is 4.79 Å². The largest absolute Gasteiger partial charge is 0.368 e. The molecule has 2 bridgehead atoms. The van der Waals surface area contributed by atoms with Crippen LogP contribution in [0.3, 0.4) is 0 Å². The van der Waals surface area contributed by atoms with Gasteiger partial charge in [0, 0.05) is 48.5 Å². The number of aromatic amines is 1. The van der Waals surface area contributed by atoms with E-state index in [0.29, 0.717) is 19.3 Å². The Hall–Kier alpha value is -6.16. The van der Waals surface area contributed by atoms with Crippen molar-refractivity contribution >= 4 is 46.3 Å². The SMILES string of the molecule is NC(=O)[C@H](Cc1ccccc1)NC(=O)C1CC/C=C/c2cccc(c2)CCC(=O)NC(Cc2c[nH]c3ccccc23)C(=O)N1C1Cc2ccccc2N1. The lowest BCUT2D eigenvalue weighted by Crippen LogP contribution is -2.62. The van der Waals surface area contributed by atoms with Crippen LogP contribution in [0.1, 0.15) is 47.1 Å². The molecule has 2 aliphatic rings. The Morgan fingerprint density at radius 1 is 0.887 bits per heavy atom. The number of aromatic nitrogens is 1. The van der Waals surface area contributed by atoms with Gasteiger partial charge in [-0.05, 0) is 59.2 Å². The molecule has 10 heteroatoms. The first kappa shape index (κ1) is 35.3. The Morgan fingerprint density at radius 3 is 2.51 bits per heavy atom. The molecular formula is C43H44N6O4. The number of nitrogens with zero attached hydrogens (tertiary/aromatic N) is 1. The molecule has 0 spiro atoms. The van der Waals surface area contributed by atoms with Crippen LogP contribution < -0.4 is 21.7 Å². The monoisotopic (exact) mass is 708 g/mol. The highest BCUT2D eigenvalue weighted by atomic mass is 16.2. The third-order valence-electron chi connectivity index (χ3n) is 10.2. The van der Waals surface area contributed by atoms with Gasteiger partial charge in [-0.25, -0.2) is 0 Å².